The number of pyridine rings is 1. The average Bonchev–Trinajstić information content (AvgIpc) is 3.01. The molecule has 1 aromatic heterocycles. The lowest BCUT2D eigenvalue weighted by atomic mass is 9.91. The summed E-state index contributed by atoms with van der Waals surface area (Å²) in [5.41, 5.74) is 5.91. The molecule has 1 aliphatic heterocycles. The number of hydrogen-bond donors (Lipinski definition) is 0. The van der Waals surface area contributed by atoms with Crippen LogP contribution in [-0.4, -0.2) is 36.1 Å². The number of rotatable bonds is 3. The Labute approximate surface area is 198 Å². The average molecular weight is 464 g/mol. The lowest BCUT2D eigenvalue weighted by Crippen LogP contribution is -2.46. The second-order valence-corrected chi connectivity index (χ2v) is 8.94. The molecule has 3 nitrogen and oxygen atoms in total. The Morgan fingerprint density at radius 3 is 2.12 bits per heavy atom. The molecular formula is C28H28F3N3. The molecule has 2 aromatic carbocycles. The highest BCUT2D eigenvalue weighted by Gasteiger charge is 2.38. The van der Waals surface area contributed by atoms with Crippen LogP contribution in [0.4, 0.5) is 19.0 Å². The van der Waals surface area contributed by atoms with Crippen molar-refractivity contribution in [2.45, 2.75) is 32.4 Å². The molecule has 0 radical (unpaired) electrons. The van der Waals surface area contributed by atoms with Crippen molar-refractivity contribution in [3.05, 3.63) is 100 Å². The number of benzene rings is 2. The zero-order valence-corrected chi connectivity index (χ0v) is 19.3. The fourth-order valence-corrected chi connectivity index (χ4v) is 5.23. The van der Waals surface area contributed by atoms with Gasteiger partial charge >= 0.3 is 6.18 Å². The van der Waals surface area contributed by atoms with Gasteiger partial charge in [-0.05, 0) is 60.2 Å². The van der Waals surface area contributed by atoms with Crippen LogP contribution in [0.25, 0.3) is 5.57 Å². The van der Waals surface area contributed by atoms with Gasteiger partial charge in [-0.1, -0.05) is 55.5 Å². The Balaban J connectivity index is 1.79. The van der Waals surface area contributed by atoms with Gasteiger partial charge in [-0.2, -0.15) is 13.2 Å². The first-order valence-electron chi connectivity index (χ1n) is 11.9. The third-order valence-electron chi connectivity index (χ3n) is 6.75. The van der Waals surface area contributed by atoms with E-state index in [2.05, 4.69) is 41.1 Å². The monoisotopic (exact) mass is 463 g/mol. The van der Waals surface area contributed by atoms with Gasteiger partial charge in [0, 0.05) is 37.1 Å². The van der Waals surface area contributed by atoms with Crippen molar-refractivity contribution in [2.24, 2.45) is 0 Å². The van der Waals surface area contributed by atoms with Gasteiger partial charge in [-0.15, -0.1) is 0 Å². The van der Waals surface area contributed by atoms with Gasteiger partial charge < -0.3 is 4.90 Å². The molecule has 1 fully saturated rings. The molecule has 0 saturated carbocycles. The van der Waals surface area contributed by atoms with E-state index in [1.165, 1.54) is 23.4 Å². The van der Waals surface area contributed by atoms with Crippen molar-refractivity contribution in [1.82, 2.24) is 9.88 Å². The Morgan fingerprint density at radius 2 is 1.50 bits per heavy atom. The highest BCUT2D eigenvalue weighted by molar-refractivity contribution is 5.88. The molecule has 2 heterocycles. The summed E-state index contributed by atoms with van der Waals surface area (Å²) in [4.78, 5) is 8.43. The van der Waals surface area contributed by atoms with Crippen LogP contribution >= 0.6 is 0 Å². The summed E-state index contributed by atoms with van der Waals surface area (Å²) in [6.07, 6.45) is -0.216. The van der Waals surface area contributed by atoms with E-state index < -0.39 is 11.7 Å². The van der Waals surface area contributed by atoms with Crippen LogP contribution in [0.2, 0.25) is 0 Å². The number of aryl methyl sites for hydroxylation is 2. The molecular weight excluding hydrogens is 435 g/mol. The summed E-state index contributed by atoms with van der Waals surface area (Å²) in [6, 6.07) is 19.1. The fraction of sp³-hybridized carbons (Fsp3) is 0.321. The van der Waals surface area contributed by atoms with Gasteiger partial charge in [0.2, 0.25) is 0 Å². The van der Waals surface area contributed by atoms with E-state index in [0.717, 1.165) is 54.3 Å². The molecule has 0 N–H and O–H groups in total. The lowest BCUT2D eigenvalue weighted by molar-refractivity contribution is -0.137. The summed E-state index contributed by atoms with van der Waals surface area (Å²) < 4.78 is 42.1. The molecule has 0 spiro atoms. The zero-order valence-electron chi connectivity index (χ0n) is 19.3. The van der Waals surface area contributed by atoms with Crippen LogP contribution < -0.4 is 4.90 Å². The van der Waals surface area contributed by atoms with E-state index >= 15 is 0 Å². The van der Waals surface area contributed by atoms with Crippen LogP contribution in [0.5, 0.6) is 0 Å². The third kappa shape index (κ3) is 4.23. The first kappa shape index (κ1) is 22.7. The summed E-state index contributed by atoms with van der Waals surface area (Å²) in [7, 11) is 0. The number of anilines is 1. The number of halogens is 3. The second kappa shape index (κ2) is 9.26. The van der Waals surface area contributed by atoms with Gasteiger partial charge in [0.25, 0.3) is 0 Å². The Bertz CT molecular complexity index is 1170. The molecule has 0 amide bonds. The van der Waals surface area contributed by atoms with Crippen LogP contribution in [0.3, 0.4) is 0 Å². The summed E-state index contributed by atoms with van der Waals surface area (Å²) in [5, 5.41) is 0. The van der Waals surface area contributed by atoms with Crippen molar-refractivity contribution in [3.8, 4) is 0 Å². The number of nitrogens with zero attached hydrogens (tertiary/aromatic N) is 3. The van der Waals surface area contributed by atoms with Gasteiger partial charge in [-0.25, -0.2) is 4.98 Å². The smallest absolute Gasteiger partial charge is 0.326 e. The molecule has 176 valence electrons. The predicted molar refractivity (Wildman–Crippen MR) is 130 cm³/mol. The molecule has 5 rings (SSSR count). The Hall–Kier alpha value is -3.12. The van der Waals surface area contributed by atoms with Crippen LogP contribution in [0.1, 0.15) is 41.2 Å². The van der Waals surface area contributed by atoms with Crippen molar-refractivity contribution in [3.63, 3.8) is 0 Å². The van der Waals surface area contributed by atoms with Crippen molar-refractivity contribution < 1.29 is 13.2 Å². The summed E-state index contributed by atoms with van der Waals surface area (Å²) in [6.45, 7) is 4.78. The van der Waals surface area contributed by atoms with Gasteiger partial charge in [0.15, 0.2) is 0 Å². The Morgan fingerprint density at radius 1 is 0.853 bits per heavy atom. The van der Waals surface area contributed by atoms with E-state index in [0.29, 0.717) is 19.6 Å². The second-order valence-electron chi connectivity index (χ2n) is 8.94. The minimum absolute atomic E-state index is 0.00661. The highest BCUT2D eigenvalue weighted by atomic mass is 19.4. The number of hydrogen-bond acceptors (Lipinski definition) is 3. The largest absolute Gasteiger partial charge is 0.419 e. The normalized spacial score (nSPS) is 16.8. The quantitative estimate of drug-likeness (QED) is 0.462. The van der Waals surface area contributed by atoms with Crippen molar-refractivity contribution in [1.29, 1.82) is 0 Å². The molecule has 1 saturated heterocycles. The molecule has 6 heteroatoms. The molecule has 1 aliphatic carbocycles. The number of aromatic nitrogens is 1. The Kier molecular flexibility index (Phi) is 6.17. The first-order chi connectivity index (χ1) is 16.5. The first-order valence-corrected chi connectivity index (χ1v) is 11.9. The maximum absolute atomic E-state index is 14.0. The topological polar surface area (TPSA) is 19.4 Å². The van der Waals surface area contributed by atoms with Gasteiger partial charge in [0.05, 0.1) is 5.56 Å². The highest BCUT2D eigenvalue weighted by Crippen LogP contribution is 2.41. The predicted octanol–water partition coefficient (Wildman–Crippen LogP) is 6.19. The van der Waals surface area contributed by atoms with Gasteiger partial charge in [0.1, 0.15) is 5.82 Å². The number of alkyl halides is 3. The molecule has 0 bridgehead atoms. The molecule has 3 aromatic rings. The lowest BCUT2D eigenvalue weighted by Gasteiger charge is -2.40. The molecule has 34 heavy (non-hydrogen) atoms. The van der Waals surface area contributed by atoms with Crippen molar-refractivity contribution in [2.75, 3.05) is 31.1 Å². The van der Waals surface area contributed by atoms with Crippen molar-refractivity contribution >= 4 is 11.4 Å². The summed E-state index contributed by atoms with van der Waals surface area (Å²) in [5.74, 6) is -0.00661. The minimum Gasteiger partial charge on any atom is -0.326 e. The summed E-state index contributed by atoms with van der Waals surface area (Å²) >= 11 is 0. The zero-order chi connectivity index (χ0) is 23.7. The SMILES string of the molecule is CCCN1CCN(c2ncccc2C(F)(F)F)C(=C2c3ccccc3CCc3ccccc32)C1. The molecule has 0 unspecified atom stereocenters. The maximum Gasteiger partial charge on any atom is 0.419 e. The minimum atomic E-state index is -4.47. The van der Waals surface area contributed by atoms with E-state index in [1.807, 2.05) is 29.2 Å². The van der Waals surface area contributed by atoms with E-state index in [9.17, 15) is 13.2 Å². The third-order valence-corrected chi connectivity index (χ3v) is 6.75. The van der Waals surface area contributed by atoms with E-state index in [-0.39, 0.29) is 5.82 Å². The number of fused-ring (bicyclic) bond motifs is 2. The van der Waals surface area contributed by atoms with E-state index in [1.54, 1.807) is 0 Å². The van der Waals surface area contributed by atoms with Crippen LogP contribution in [-0.2, 0) is 19.0 Å². The van der Waals surface area contributed by atoms with E-state index in [4.69, 9.17) is 0 Å². The fourth-order valence-electron chi connectivity index (χ4n) is 5.23. The van der Waals surface area contributed by atoms with Crippen LogP contribution in [0, 0.1) is 0 Å². The maximum atomic E-state index is 14.0. The number of piperazine rings is 1. The standard InChI is InChI=1S/C28H28F3N3/c1-2-16-33-17-18-34(27-24(28(29,30)31)12-7-15-32-27)25(19-33)26-22-10-5-3-8-20(22)13-14-21-9-4-6-11-23(21)26/h3-12,15H,2,13-14,16-19H2,1H3. The molecule has 0 atom stereocenters. The molecule has 2 aliphatic rings. The van der Waals surface area contributed by atoms with Crippen LogP contribution in [0.15, 0.2) is 72.6 Å². The van der Waals surface area contributed by atoms with Gasteiger partial charge in [-0.3, -0.25) is 4.90 Å².